The predicted octanol–water partition coefficient (Wildman–Crippen LogP) is 3.17. The molecule has 2 aromatic rings. The summed E-state index contributed by atoms with van der Waals surface area (Å²) in [6, 6.07) is 10.0. The van der Waals surface area contributed by atoms with Crippen molar-refractivity contribution in [1.82, 2.24) is 0 Å². The smallest absolute Gasteiger partial charge is 0.263 e. The molecule has 0 amide bonds. The molecule has 0 spiro atoms. The molecule has 0 saturated carbocycles. The van der Waals surface area contributed by atoms with E-state index in [-0.39, 0.29) is 26.3 Å². The number of hydrogen-bond acceptors (Lipinski definition) is 4. The van der Waals surface area contributed by atoms with Crippen molar-refractivity contribution in [1.29, 1.82) is 0 Å². The van der Waals surface area contributed by atoms with Gasteiger partial charge in [-0.1, -0.05) is 35.3 Å². The van der Waals surface area contributed by atoms with Crippen molar-refractivity contribution in [2.75, 3.05) is 15.7 Å². The van der Waals surface area contributed by atoms with Gasteiger partial charge in [-0.2, -0.15) is 0 Å². The molecule has 2 aromatic carbocycles. The Morgan fingerprint density at radius 3 is 2.09 bits per heavy atom. The third kappa shape index (κ3) is 4.74. The first kappa shape index (κ1) is 17.9. The van der Waals surface area contributed by atoms with Crippen molar-refractivity contribution in [3.8, 4) is 0 Å². The van der Waals surface area contributed by atoms with Gasteiger partial charge in [0.1, 0.15) is 4.90 Å². The van der Waals surface area contributed by atoms with Crippen molar-refractivity contribution < 1.29 is 16.8 Å². The van der Waals surface area contributed by atoms with E-state index in [9.17, 15) is 16.8 Å². The minimum Gasteiger partial charge on any atom is -0.282 e. The maximum absolute atomic E-state index is 12.3. The average molecular weight is 395 g/mol. The SMILES string of the molecule is CS(=O)(=O)Nc1ccc(NS(=O)(=O)c2ccccc2Cl)cc1Cl. The molecule has 0 fully saturated rings. The number of anilines is 2. The summed E-state index contributed by atoms with van der Waals surface area (Å²) in [5.41, 5.74) is 0.323. The molecule has 23 heavy (non-hydrogen) atoms. The Kier molecular flexibility index (Phi) is 5.10. The molecule has 6 nitrogen and oxygen atoms in total. The van der Waals surface area contributed by atoms with Gasteiger partial charge in [-0.3, -0.25) is 9.44 Å². The largest absolute Gasteiger partial charge is 0.282 e. The highest BCUT2D eigenvalue weighted by atomic mass is 35.5. The van der Waals surface area contributed by atoms with Crippen molar-refractivity contribution >= 4 is 54.6 Å². The van der Waals surface area contributed by atoms with E-state index in [4.69, 9.17) is 23.2 Å². The van der Waals surface area contributed by atoms with Crippen LogP contribution in [0.15, 0.2) is 47.4 Å². The molecule has 0 atom stereocenters. The van der Waals surface area contributed by atoms with Crippen LogP contribution < -0.4 is 9.44 Å². The number of rotatable bonds is 5. The molecule has 124 valence electrons. The van der Waals surface area contributed by atoms with Crippen molar-refractivity contribution in [2.24, 2.45) is 0 Å². The second-order valence-electron chi connectivity index (χ2n) is 4.60. The highest BCUT2D eigenvalue weighted by molar-refractivity contribution is 7.93. The van der Waals surface area contributed by atoms with Crippen molar-refractivity contribution in [3.05, 3.63) is 52.5 Å². The van der Waals surface area contributed by atoms with E-state index in [1.165, 1.54) is 30.3 Å². The van der Waals surface area contributed by atoms with Crippen molar-refractivity contribution in [2.45, 2.75) is 4.90 Å². The molecule has 0 aliphatic heterocycles. The molecule has 0 aromatic heterocycles. The lowest BCUT2D eigenvalue weighted by atomic mass is 10.3. The van der Waals surface area contributed by atoms with E-state index in [0.717, 1.165) is 6.26 Å². The molecule has 0 unspecified atom stereocenters. The summed E-state index contributed by atoms with van der Waals surface area (Å²) >= 11 is 11.8. The molecule has 10 heteroatoms. The Morgan fingerprint density at radius 1 is 0.870 bits per heavy atom. The van der Waals surface area contributed by atoms with Gasteiger partial charge in [-0.05, 0) is 30.3 Å². The maximum atomic E-state index is 12.3. The average Bonchev–Trinajstić information content (AvgIpc) is 2.40. The maximum Gasteiger partial charge on any atom is 0.263 e. The Hall–Kier alpha value is -1.48. The fourth-order valence-electron chi connectivity index (χ4n) is 1.73. The fraction of sp³-hybridized carbons (Fsp3) is 0.0769. The van der Waals surface area contributed by atoms with Crippen LogP contribution in [0.4, 0.5) is 11.4 Å². The van der Waals surface area contributed by atoms with Gasteiger partial charge < -0.3 is 0 Å². The molecule has 0 radical (unpaired) electrons. The van der Waals surface area contributed by atoms with Gasteiger partial charge >= 0.3 is 0 Å². The topological polar surface area (TPSA) is 92.3 Å². The zero-order valence-corrected chi connectivity index (χ0v) is 14.9. The van der Waals surface area contributed by atoms with E-state index in [1.54, 1.807) is 12.1 Å². The monoisotopic (exact) mass is 394 g/mol. The Morgan fingerprint density at radius 2 is 1.52 bits per heavy atom. The Bertz CT molecular complexity index is 944. The van der Waals surface area contributed by atoms with E-state index in [0.29, 0.717) is 0 Å². The lowest BCUT2D eigenvalue weighted by Gasteiger charge is -2.11. The summed E-state index contributed by atoms with van der Waals surface area (Å²) in [6.45, 7) is 0. The van der Waals surface area contributed by atoms with E-state index in [2.05, 4.69) is 9.44 Å². The zero-order valence-electron chi connectivity index (χ0n) is 11.7. The lowest BCUT2D eigenvalue weighted by Crippen LogP contribution is -2.14. The highest BCUT2D eigenvalue weighted by Gasteiger charge is 2.18. The number of sulfonamides is 2. The molecule has 0 bridgehead atoms. The minimum atomic E-state index is -3.89. The molecule has 2 rings (SSSR count). The summed E-state index contributed by atoms with van der Waals surface area (Å²) in [5, 5.41) is 0.135. The molecule has 0 aliphatic carbocycles. The number of halogens is 2. The third-order valence-corrected chi connectivity index (χ3v) is 5.43. The number of nitrogens with one attached hydrogen (secondary N) is 2. The van der Waals surface area contributed by atoms with Crippen LogP contribution in [0, 0.1) is 0 Å². The lowest BCUT2D eigenvalue weighted by molar-refractivity contribution is 0.600. The second-order valence-corrected chi connectivity index (χ2v) is 8.82. The third-order valence-electron chi connectivity index (χ3n) is 2.64. The van der Waals surface area contributed by atoms with Gasteiger partial charge in [-0.15, -0.1) is 0 Å². The minimum absolute atomic E-state index is 0.0507. The number of hydrogen-bond donors (Lipinski definition) is 2. The molecule has 0 heterocycles. The van der Waals surface area contributed by atoms with Gasteiger partial charge in [0.15, 0.2) is 0 Å². The predicted molar refractivity (Wildman–Crippen MR) is 92.2 cm³/mol. The Labute approximate surface area is 144 Å². The number of benzene rings is 2. The van der Waals surface area contributed by atoms with Crippen LogP contribution in [0.1, 0.15) is 0 Å². The van der Waals surface area contributed by atoms with Crippen LogP contribution in [0.3, 0.4) is 0 Å². The van der Waals surface area contributed by atoms with Gasteiger partial charge in [0.25, 0.3) is 10.0 Å². The molecule has 2 N–H and O–H groups in total. The van der Waals surface area contributed by atoms with Crippen LogP contribution in [-0.2, 0) is 20.0 Å². The fourth-order valence-corrected chi connectivity index (χ4v) is 4.17. The van der Waals surface area contributed by atoms with E-state index >= 15 is 0 Å². The van der Waals surface area contributed by atoms with Crippen LogP contribution in [-0.4, -0.2) is 23.1 Å². The van der Waals surface area contributed by atoms with Gasteiger partial charge in [0.2, 0.25) is 10.0 Å². The molecule has 0 aliphatic rings. The summed E-state index contributed by atoms with van der Waals surface area (Å²) in [4.78, 5) is -0.0730. The quantitative estimate of drug-likeness (QED) is 0.814. The van der Waals surface area contributed by atoms with Gasteiger partial charge in [0.05, 0.1) is 27.7 Å². The first-order valence-corrected chi connectivity index (χ1v) is 10.3. The molecule has 0 saturated heterocycles. The summed E-state index contributed by atoms with van der Waals surface area (Å²) in [5.74, 6) is 0. The summed E-state index contributed by atoms with van der Waals surface area (Å²) in [7, 11) is -7.37. The molecular weight excluding hydrogens is 383 g/mol. The summed E-state index contributed by atoms with van der Waals surface area (Å²) in [6.07, 6.45) is 0.983. The van der Waals surface area contributed by atoms with Crippen molar-refractivity contribution in [3.63, 3.8) is 0 Å². The molecular formula is C13H12Cl2N2O4S2. The van der Waals surface area contributed by atoms with E-state index in [1.807, 2.05) is 0 Å². The van der Waals surface area contributed by atoms with Crippen LogP contribution in [0.25, 0.3) is 0 Å². The van der Waals surface area contributed by atoms with Crippen LogP contribution in [0.2, 0.25) is 10.0 Å². The zero-order chi connectivity index (χ0) is 17.3. The van der Waals surface area contributed by atoms with Crippen LogP contribution in [0.5, 0.6) is 0 Å². The van der Waals surface area contributed by atoms with Gasteiger partial charge in [0, 0.05) is 0 Å². The Balaban J connectivity index is 2.31. The van der Waals surface area contributed by atoms with E-state index < -0.39 is 20.0 Å². The van der Waals surface area contributed by atoms with Gasteiger partial charge in [-0.25, -0.2) is 16.8 Å². The second kappa shape index (κ2) is 6.56. The standard InChI is InChI=1S/C13H12Cl2N2O4S2/c1-22(18,19)17-12-7-6-9(8-11(12)15)16-23(20,21)13-5-3-2-4-10(13)14/h2-8,16-17H,1H3. The first-order chi connectivity index (χ1) is 10.6. The summed E-state index contributed by atoms with van der Waals surface area (Å²) < 4.78 is 51.5. The normalized spacial score (nSPS) is 12.0. The van der Waals surface area contributed by atoms with Crippen LogP contribution >= 0.6 is 23.2 Å². The first-order valence-electron chi connectivity index (χ1n) is 6.13. The highest BCUT2D eigenvalue weighted by Crippen LogP contribution is 2.28.